The van der Waals surface area contributed by atoms with Gasteiger partial charge in [0.25, 0.3) is 0 Å². The zero-order chi connectivity index (χ0) is 22.6. The van der Waals surface area contributed by atoms with Crippen molar-refractivity contribution < 1.29 is 34.2 Å². The van der Waals surface area contributed by atoms with Crippen molar-refractivity contribution >= 4 is 41.4 Å². The SMILES string of the molecule is CSCCC(NC(=O)C(CCC(=O)O)NC(=O)C(NC(=O)CN)C(C)C)C(=O)O. The monoisotopic (exact) mass is 434 g/mol. The van der Waals surface area contributed by atoms with Gasteiger partial charge in [0.2, 0.25) is 17.7 Å². The molecule has 7 N–H and O–H groups in total. The van der Waals surface area contributed by atoms with Crippen molar-refractivity contribution in [3.63, 3.8) is 0 Å². The topological polar surface area (TPSA) is 188 Å². The minimum atomic E-state index is -1.27. The van der Waals surface area contributed by atoms with Crippen LogP contribution < -0.4 is 21.7 Å². The largest absolute Gasteiger partial charge is 0.481 e. The van der Waals surface area contributed by atoms with Crippen molar-refractivity contribution in [1.29, 1.82) is 0 Å². The molecule has 0 aromatic rings. The van der Waals surface area contributed by atoms with E-state index in [0.29, 0.717) is 5.75 Å². The summed E-state index contributed by atoms with van der Waals surface area (Å²) < 4.78 is 0. The number of nitrogens with two attached hydrogens (primary N) is 1. The van der Waals surface area contributed by atoms with Gasteiger partial charge in [0.1, 0.15) is 18.1 Å². The van der Waals surface area contributed by atoms with Crippen LogP contribution in [0.2, 0.25) is 0 Å². The van der Waals surface area contributed by atoms with Crippen LogP contribution in [0.4, 0.5) is 0 Å². The molecule has 0 radical (unpaired) electrons. The maximum absolute atomic E-state index is 12.6. The Labute approximate surface area is 173 Å². The molecule has 0 rings (SSSR count). The van der Waals surface area contributed by atoms with Gasteiger partial charge in [-0.05, 0) is 30.8 Å². The normalized spacial score (nSPS) is 13.8. The minimum absolute atomic E-state index is 0.170. The third-order valence-electron chi connectivity index (χ3n) is 3.96. The Bertz CT molecular complexity index is 600. The number of rotatable bonds is 14. The highest BCUT2D eigenvalue weighted by atomic mass is 32.2. The van der Waals surface area contributed by atoms with E-state index in [1.807, 2.05) is 0 Å². The highest BCUT2D eigenvalue weighted by Crippen LogP contribution is 2.07. The Balaban J connectivity index is 5.34. The fourth-order valence-corrected chi connectivity index (χ4v) is 2.80. The maximum atomic E-state index is 12.6. The van der Waals surface area contributed by atoms with Gasteiger partial charge in [-0.2, -0.15) is 11.8 Å². The number of carboxylic acids is 2. The van der Waals surface area contributed by atoms with Gasteiger partial charge in [0.05, 0.1) is 6.54 Å². The molecule has 0 aliphatic heterocycles. The first-order valence-corrected chi connectivity index (χ1v) is 10.5. The van der Waals surface area contributed by atoms with E-state index in [4.69, 9.17) is 10.8 Å². The van der Waals surface area contributed by atoms with Gasteiger partial charge >= 0.3 is 11.9 Å². The Hall–Kier alpha value is -2.34. The molecular formula is C17H30N4O7S. The van der Waals surface area contributed by atoms with Gasteiger partial charge < -0.3 is 31.9 Å². The van der Waals surface area contributed by atoms with Crippen LogP contribution in [0.15, 0.2) is 0 Å². The van der Waals surface area contributed by atoms with Gasteiger partial charge in [0.15, 0.2) is 0 Å². The Morgan fingerprint density at radius 1 is 0.931 bits per heavy atom. The molecule has 0 aliphatic rings. The Kier molecular flexibility index (Phi) is 12.7. The molecule has 29 heavy (non-hydrogen) atoms. The van der Waals surface area contributed by atoms with Gasteiger partial charge in [-0.3, -0.25) is 19.2 Å². The third-order valence-corrected chi connectivity index (χ3v) is 4.60. The molecule has 0 spiro atoms. The lowest BCUT2D eigenvalue weighted by molar-refractivity contribution is -0.143. The highest BCUT2D eigenvalue weighted by Gasteiger charge is 2.30. The second-order valence-corrected chi connectivity index (χ2v) is 7.65. The zero-order valence-electron chi connectivity index (χ0n) is 16.8. The molecule has 12 heteroatoms. The fraction of sp³-hybridized carbons (Fsp3) is 0.706. The molecule has 0 heterocycles. The van der Waals surface area contributed by atoms with Gasteiger partial charge in [-0.25, -0.2) is 4.79 Å². The summed E-state index contributed by atoms with van der Waals surface area (Å²) in [6.45, 7) is 3.03. The zero-order valence-corrected chi connectivity index (χ0v) is 17.6. The molecular weight excluding hydrogens is 404 g/mol. The van der Waals surface area contributed by atoms with E-state index in [1.165, 1.54) is 11.8 Å². The summed E-state index contributed by atoms with van der Waals surface area (Å²) in [6, 6.07) is -3.43. The van der Waals surface area contributed by atoms with E-state index in [9.17, 15) is 29.1 Å². The Morgan fingerprint density at radius 2 is 1.52 bits per heavy atom. The summed E-state index contributed by atoms with van der Waals surface area (Å²) in [4.78, 5) is 58.9. The average molecular weight is 435 g/mol. The average Bonchev–Trinajstić information content (AvgIpc) is 2.64. The molecule has 0 aromatic carbocycles. The number of carboxylic acid groups (broad SMARTS) is 2. The first-order chi connectivity index (χ1) is 13.5. The molecule has 3 amide bonds. The molecule has 0 saturated carbocycles. The molecule has 3 atom stereocenters. The van der Waals surface area contributed by atoms with Gasteiger partial charge in [0, 0.05) is 6.42 Å². The number of nitrogens with one attached hydrogen (secondary N) is 3. The molecule has 0 saturated heterocycles. The molecule has 0 bridgehead atoms. The second-order valence-electron chi connectivity index (χ2n) is 6.67. The van der Waals surface area contributed by atoms with E-state index in [-0.39, 0.29) is 25.3 Å². The number of hydrogen-bond acceptors (Lipinski definition) is 7. The van der Waals surface area contributed by atoms with Gasteiger partial charge in [-0.1, -0.05) is 13.8 Å². The van der Waals surface area contributed by atoms with Crippen LogP contribution in [0.25, 0.3) is 0 Å². The number of thioether (sulfide) groups is 1. The molecule has 0 aromatic heterocycles. The van der Waals surface area contributed by atoms with Crippen LogP contribution in [0.5, 0.6) is 0 Å². The van der Waals surface area contributed by atoms with Crippen LogP contribution in [0.3, 0.4) is 0 Å². The second kappa shape index (κ2) is 13.8. The van der Waals surface area contributed by atoms with Crippen molar-refractivity contribution in [3.8, 4) is 0 Å². The van der Waals surface area contributed by atoms with Crippen LogP contribution in [-0.4, -0.2) is 76.6 Å². The summed E-state index contributed by atoms with van der Waals surface area (Å²) in [5.41, 5.74) is 5.24. The van der Waals surface area contributed by atoms with Crippen LogP contribution in [0, 0.1) is 5.92 Å². The predicted molar refractivity (Wildman–Crippen MR) is 107 cm³/mol. The number of amides is 3. The van der Waals surface area contributed by atoms with E-state index in [2.05, 4.69) is 16.0 Å². The molecule has 3 unspecified atom stereocenters. The van der Waals surface area contributed by atoms with Crippen LogP contribution in [0.1, 0.15) is 33.1 Å². The van der Waals surface area contributed by atoms with Crippen molar-refractivity contribution in [2.24, 2.45) is 11.7 Å². The van der Waals surface area contributed by atoms with Crippen molar-refractivity contribution in [1.82, 2.24) is 16.0 Å². The predicted octanol–water partition coefficient (Wildman–Crippen LogP) is -1.24. The number of aliphatic carboxylic acids is 2. The molecule has 0 fully saturated rings. The quantitative estimate of drug-likeness (QED) is 0.194. The van der Waals surface area contributed by atoms with E-state index >= 15 is 0 Å². The summed E-state index contributed by atoms with van der Waals surface area (Å²) in [5.74, 6) is -4.30. The lowest BCUT2D eigenvalue weighted by atomic mass is 10.0. The summed E-state index contributed by atoms with van der Waals surface area (Å²) in [6.07, 6.45) is 1.31. The standard InChI is InChI=1S/C17H30N4O7S/c1-9(2)14(21-12(22)8-18)16(26)19-10(4-5-13(23)24)15(25)20-11(17(27)28)6-7-29-3/h9-11,14H,4-8,18H2,1-3H3,(H,19,26)(H,20,25)(H,21,22)(H,23,24)(H,27,28). The van der Waals surface area contributed by atoms with E-state index in [0.717, 1.165) is 0 Å². The number of hydrogen-bond donors (Lipinski definition) is 6. The van der Waals surface area contributed by atoms with Crippen LogP contribution >= 0.6 is 11.8 Å². The lowest BCUT2D eigenvalue weighted by Crippen LogP contribution is -2.57. The van der Waals surface area contributed by atoms with E-state index < -0.39 is 54.2 Å². The maximum Gasteiger partial charge on any atom is 0.326 e. The third kappa shape index (κ3) is 10.7. The number of carbonyl (C=O) groups is 5. The smallest absolute Gasteiger partial charge is 0.326 e. The summed E-state index contributed by atoms with van der Waals surface area (Å²) >= 11 is 1.41. The van der Waals surface area contributed by atoms with Crippen molar-refractivity contribution in [2.75, 3.05) is 18.6 Å². The van der Waals surface area contributed by atoms with Crippen LogP contribution in [-0.2, 0) is 24.0 Å². The highest BCUT2D eigenvalue weighted by molar-refractivity contribution is 7.98. The van der Waals surface area contributed by atoms with Crippen molar-refractivity contribution in [3.05, 3.63) is 0 Å². The molecule has 0 aliphatic carbocycles. The lowest BCUT2D eigenvalue weighted by Gasteiger charge is -2.26. The molecule has 11 nitrogen and oxygen atoms in total. The summed E-state index contributed by atoms with van der Waals surface area (Å²) in [7, 11) is 0. The number of carbonyl (C=O) groups excluding carboxylic acids is 3. The fourth-order valence-electron chi connectivity index (χ4n) is 2.33. The Morgan fingerprint density at radius 3 is 1.97 bits per heavy atom. The van der Waals surface area contributed by atoms with Crippen molar-refractivity contribution in [2.45, 2.75) is 51.2 Å². The summed E-state index contributed by atoms with van der Waals surface area (Å²) in [5, 5.41) is 25.3. The van der Waals surface area contributed by atoms with E-state index in [1.54, 1.807) is 20.1 Å². The first kappa shape index (κ1) is 26.7. The van der Waals surface area contributed by atoms with Gasteiger partial charge in [-0.15, -0.1) is 0 Å². The molecule has 166 valence electrons. The first-order valence-electron chi connectivity index (χ1n) is 9.07. The minimum Gasteiger partial charge on any atom is -0.481 e.